The number of nitro benzene ring substituents is 1. The number of carbonyl (C=O) groups excluding carboxylic acids is 1. The molecule has 2 fully saturated rings. The van der Waals surface area contributed by atoms with Gasteiger partial charge in [-0.1, -0.05) is 13.8 Å². The summed E-state index contributed by atoms with van der Waals surface area (Å²) in [7, 11) is 0. The summed E-state index contributed by atoms with van der Waals surface area (Å²) in [6.45, 7) is 5.98. The highest BCUT2D eigenvalue weighted by Gasteiger charge is 2.67. The van der Waals surface area contributed by atoms with Crippen LogP contribution >= 0.6 is 0 Å². The van der Waals surface area contributed by atoms with E-state index < -0.39 is 22.6 Å². The van der Waals surface area contributed by atoms with Crippen LogP contribution in [0.15, 0.2) is 24.3 Å². The Morgan fingerprint density at radius 2 is 1.91 bits per heavy atom. The lowest BCUT2D eigenvalue weighted by Gasteiger charge is -2.36. The van der Waals surface area contributed by atoms with Crippen molar-refractivity contribution in [2.75, 3.05) is 0 Å². The van der Waals surface area contributed by atoms with Crippen LogP contribution in [0.4, 0.5) is 5.69 Å². The topological polar surface area (TPSA) is 89.7 Å². The van der Waals surface area contributed by atoms with Crippen molar-refractivity contribution < 1.29 is 19.6 Å². The summed E-state index contributed by atoms with van der Waals surface area (Å²) in [5, 5.41) is 21.3. The maximum Gasteiger partial charge on any atom is 0.338 e. The van der Waals surface area contributed by atoms with Gasteiger partial charge in [-0.15, -0.1) is 0 Å². The number of nitrogens with zero attached hydrogens (tertiary/aromatic N) is 1. The Kier molecular flexibility index (Phi) is 3.48. The van der Waals surface area contributed by atoms with E-state index in [1.807, 2.05) is 0 Å². The van der Waals surface area contributed by atoms with Crippen LogP contribution in [0.25, 0.3) is 0 Å². The molecule has 124 valence electrons. The molecule has 0 saturated heterocycles. The zero-order valence-electron chi connectivity index (χ0n) is 13.5. The summed E-state index contributed by atoms with van der Waals surface area (Å²) in [6.07, 6.45) is 1.01. The first kappa shape index (κ1) is 15.9. The third-order valence-electron chi connectivity index (χ3n) is 5.59. The van der Waals surface area contributed by atoms with E-state index in [4.69, 9.17) is 4.74 Å². The van der Waals surface area contributed by atoms with Crippen LogP contribution in [0, 0.1) is 27.4 Å². The van der Waals surface area contributed by atoms with Gasteiger partial charge in [0.15, 0.2) is 0 Å². The van der Waals surface area contributed by atoms with Gasteiger partial charge in [-0.05, 0) is 43.2 Å². The van der Waals surface area contributed by atoms with Crippen molar-refractivity contribution in [1.82, 2.24) is 0 Å². The molecule has 2 saturated carbocycles. The molecule has 4 unspecified atom stereocenters. The predicted molar refractivity (Wildman–Crippen MR) is 82.9 cm³/mol. The van der Waals surface area contributed by atoms with Crippen LogP contribution in [0.1, 0.15) is 44.0 Å². The Balaban J connectivity index is 1.77. The Morgan fingerprint density at radius 3 is 2.48 bits per heavy atom. The SMILES string of the molecule is CC1(O)CCC2C(C1OC(=O)c1ccc([N+](=O)[O-])cc1)C2(C)C. The van der Waals surface area contributed by atoms with Crippen LogP contribution in [0.5, 0.6) is 0 Å². The van der Waals surface area contributed by atoms with Gasteiger partial charge in [-0.25, -0.2) is 4.79 Å². The molecule has 0 aromatic heterocycles. The van der Waals surface area contributed by atoms with Gasteiger partial charge in [-0.2, -0.15) is 0 Å². The molecule has 0 spiro atoms. The van der Waals surface area contributed by atoms with E-state index in [0.717, 1.165) is 6.42 Å². The number of ether oxygens (including phenoxy) is 1. The molecule has 2 aliphatic rings. The molecule has 0 aliphatic heterocycles. The van der Waals surface area contributed by atoms with Crippen molar-refractivity contribution in [3.8, 4) is 0 Å². The fourth-order valence-electron chi connectivity index (χ4n) is 4.02. The number of fused-ring (bicyclic) bond motifs is 1. The Bertz CT molecular complexity index is 649. The third-order valence-corrected chi connectivity index (χ3v) is 5.59. The van der Waals surface area contributed by atoms with E-state index in [1.54, 1.807) is 6.92 Å². The summed E-state index contributed by atoms with van der Waals surface area (Å²) in [6, 6.07) is 5.32. The largest absolute Gasteiger partial charge is 0.455 e. The number of nitro groups is 1. The molecular weight excluding hydrogens is 298 g/mol. The lowest BCUT2D eigenvalue weighted by Crippen LogP contribution is -2.46. The summed E-state index contributed by atoms with van der Waals surface area (Å²) >= 11 is 0. The maximum absolute atomic E-state index is 12.4. The number of hydrogen-bond acceptors (Lipinski definition) is 5. The lowest BCUT2D eigenvalue weighted by molar-refractivity contribution is -0.384. The van der Waals surface area contributed by atoms with Crippen molar-refractivity contribution in [1.29, 1.82) is 0 Å². The van der Waals surface area contributed by atoms with Crippen molar-refractivity contribution in [3.05, 3.63) is 39.9 Å². The molecule has 6 heteroatoms. The van der Waals surface area contributed by atoms with Gasteiger partial charge < -0.3 is 9.84 Å². The van der Waals surface area contributed by atoms with Crippen LogP contribution in [-0.4, -0.2) is 27.7 Å². The van der Waals surface area contributed by atoms with Gasteiger partial charge in [-0.3, -0.25) is 10.1 Å². The second kappa shape index (κ2) is 5.03. The first-order valence-electron chi connectivity index (χ1n) is 7.82. The number of non-ortho nitro benzene ring substituents is 1. The van der Waals surface area contributed by atoms with E-state index in [-0.39, 0.29) is 22.6 Å². The fourth-order valence-corrected chi connectivity index (χ4v) is 4.02. The van der Waals surface area contributed by atoms with E-state index in [9.17, 15) is 20.0 Å². The van der Waals surface area contributed by atoms with Crippen LogP contribution in [0.2, 0.25) is 0 Å². The summed E-state index contributed by atoms with van der Waals surface area (Å²) in [5.74, 6) is 0.0826. The molecule has 0 radical (unpaired) electrons. The van der Waals surface area contributed by atoms with Crippen molar-refractivity contribution in [3.63, 3.8) is 0 Å². The van der Waals surface area contributed by atoms with E-state index in [1.165, 1.54) is 24.3 Å². The molecular formula is C17H21NO5. The second-order valence-electron chi connectivity index (χ2n) is 7.48. The van der Waals surface area contributed by atoms with Gasteiger partial charge in [0.2, 0.25) is 0 Å². The maximum atomic E-state index is 12.4. The number of hydrogen-bond donors (Lipinski definition) is 1. The average Bonchev–Trinajstić information content (AvgIpc) is 3.03. The van der Waals surface area contributed by atoms with Crippen molar-refractivity contribution in [2.45, 2.75) is 45.3 Å². The van der Waals surface area contributed by atoms with Crippen molar-refractivity contribution in [2.24, 2.45) is 17.3 Å². The zero-order chi connectivity index (χ0) is 17.0. The number of benzene rings is 1. The summed E-state index contributed by atoms with van der Waals surface area (Å²) in [5.41, 5.74) is -0.784. The molecule has 0 heterocycles. The number of rotatable bonds is 3. The Morgan fingerprint density at radius 1 is 1.30 bits per heavy atom. The highest BCUT2D eigenvalue weighted by atomic mass is 16.6. The molecule has 1 N–H and O–H groups in total. The van der Waals surface area contributed by atoms with Gasteiger partial charge in [0.05, 0.1) is 16.1 Å². The highest BCUT2D eigenvalue weighted by molar-refractivity contribution is 5.89. The minimum absolute atomic E-state index is 0.0703. The molecule has 4 atom stereocenters. The Labute approximate surface area is 134 Å². The van der Waals surface area contributed by atoms with Gasteiger partial charge in [0, 0.05) is 18.1 Å². The quantitative estimate of drug-likeness (QED) is 0.525. The molecule has 6 nitrogen and oxygen atoms in total. The van der Waals surface area contributed by atoms with E-state index in [0.29, 0.717) is 12.3 Å². The zero-order valence-corrected chi connectivity index (χ0v) is 13.5. The average molecular weight is 319 g/mol. The molecule has 2 aliphatic carbocycles. The molecule has 23 heavy (non-hydrogen) atoms. The molecule has 0 bridgehead atoms. The third kappa shape index (κ3) is 2.61. The van der Waals surface area contributed by atoms with E-state index >= 15 is 0 Å². The molecule has 1 aromatic rings. The molecule has 3 rings (SSSR count). The standard InChI is InChI=1S/C17H21NO5/c1-16(2)12-8-9-17(3,20)14(13(12)16)23-15(19)10-4-6-11(7-5-10)18(21)22/h4-7,12-14,20H,8-9H2,1-3H3. The monoisotopic (exact) mass is 319 g/mol. The number of carbonyl (C=O) groups is 1. The van der Waals surface area contributed by atoms with Crippen LogP contribution in [-0.2, 0) is 4.74 Å². The highest BCUT2D eigenvalue weighted by Crippen LogP contribution is 2.67. The first-order valence-corrected chi connectivity index (χ1v) is 7.82. The lowest BCUT2D eigenvalue weighted by atomic mass is 9.83. The second-order valence-corrected chi connectivity index (χ2v) is 7.48. The smallest absolute Gasteiger partial charge is 0.338 e. The van der Waals surface area contributed by atoms with E-state index in [2.05, 4.69) is 13.8 Å². The summed E-state index contributed by atoms with van der Waals surface area (Å²) < 4.78 is 5.62. The summed E-state index contributed by atoms with van der Waals surface area (Å²) in [4.78, 5) is 22.5. The predicted octanol–water partition coefficient (Wildman–Crippen LogP) is 2.94. The normalized spacial score (nSPS) is 34.3. The van der Waals surface area contributed by atoms with Crippen molar-refractivity contribution >= 4 is 11.7 Å². The minimum Gasteiger partial charge on any atom is -0.455 e. The fraction of sp³-hybridized carbons (Fsp3) is 0.588. The van der Waals surface area contributed by atoms with Crippen LogP contribution in [0.3, 0.4) is 0 Å². The first-order chi connectivity index (χ1) is 10.6. The molecule has 0 amide bonds. The number of aliphatic hydroxyl groups is 1. The Hall–Kier alpha value is -1.95. The number of esters is 1. The van der Waals surface area contributed by atoms with Gasteiger partial charge in [0.25, 0.3) is 5.69 Å². The van der Waals surface area contributed by atoms with Crippen LogP contribution < -0.4 is 0 Å². The molecule has 1 aromatic carbocycles. The van der Waals surface area contributed by atoms with Gasteiger partial charge in [0.1, 0.15) is 6.10 Å². The minimum atomic E-state index is -1.04. The van der Waals surface area contributed by atoms with Gasteiger partial charge >= 0.3 is 5.97 Å².